The number of fused-ring (bicyclic) bond motifs is 1. The van der Waals surface area contributed by atoms with Crippen LogP contribution in [0.25, 0.3) is 33.3 Å². The number of imidazole rings is 1. The molecule has 4 rings (SSSR count). The maximum Gasteiger partial charge on any atom is 0.187 e. The van der Waals surface area contributed by atoms with Crippen LogP contribution < -0.4 is 4.57 Å². The van der Waals surface area contributed by atoms with Crippen molar-refractivity contribution in [1.29, 1.82) is 0 Å². The summed E-state index contributed by atoms with van der Waals surface area (Å²) in [5.41, 5.74) is 7.15. The Labute approximate surface area is 150 Å². The summed E-state index contributed by atoms with van der Waals surface area (Å²) in [4.78, 5) is 0. The zero-order valence-corrected chi connectivity index (χ0v) is 14.9. The van der Waals surface area contributed by atoms with E-state index in [0.29, 0.717) is 0 Å². The first-order chi connectivity index (χ1) is 11.5. The van der Waals surface area contributed by atoms with Gasteiger partial charge in [-0.1, -0.05) is 81.9 Å². The Balaban J connectivity index is 2.02. The number of hydrogen-bond acceptors (Lipinski definition) is 0. The molecule has 3 aromatic carbocycles. The fourth-order valence-corrected chi connectivity index (χ4v) is 3.58. The molecular formula is C20H16Cl2N2. The minimum atomic E-state index is 0.747. The minimum Gasteiger partial charge on any atom is -0.297 e. The number of hydrogen-bond donors (Lipinski definition) is 0. The van der Waals surface area contributed by atoms with Gasteiger partial charge in [-0.25, -0.2) is 0 Å². The molecule has 0 saturated heterocycles. The summed E-state index contributed by atoms with van der Waals surface area (Å²) in [6, 6.07) is 18.2. The largest absolute Gasteiger partial charge is 0.297 e. The monoisotopic (exact) mass is 354 g/mol. The van der Waals surface area contributed by atoms with E-state index in [4.69, 9.17) is 23.2 Å². The van der Waals surface area contributed by atoms with Crippen LogP contribution in [0, 0.1) is 0 Å². The van der Waals surface area contributed by atoms with E-state index < -0.39 is 0 Å². The lowest BCUT2D eigenvalue weighted by molar-refractivity contribution is -0.645. The Morgan fingerprint density at radius 1 is 0.875 bits per heavy atom. The van der Waals surface area contributed by atoms with Gasteiger partial charge in [0, 0.05) is 10.0 Å². The van der Waals surface area contributed by atoms with Gasteiger partial charge in [-0.3, -0.25) is 9.13 Å². The first-order valence-electron chi connectivity index (χ1n) is 7.71. The second kappa shape index (κ2) is 5.73. The second-order valence-corrected chi connectivity index (χ2v) is 6.89. The van der Waals surface area contributed by atoms with Gasteiger partial charge < -0.3 is 0 Å². The van der Waals surface area contributed by atoms with Crippen molar-refractivity contribution in [3.63, 3.8) is 0 Å². The lowest BCUT2D eigenvalue weighted by Crippen LogP contribution is -2.25. The van der Waals surface area contributed by atoms with Gasteiger partial charge in [-0.15, -0.1) is 6.07 Å². The van der Waals surface area contributed by atoms with Gasteiger partial charge in [0.2, 0.25) is 0 Å². The Bertz CT molecular complexity index is 941. The van der Waals surface area contributed by atoms with Crippen LogP contribution in [0.3, 0.4) is 0 Å². The number of nitrogens with zero attached hydrogens (tertiary/aromatic N) is 2. The van der Waals surface area contributed by atoms with Crippen molar-refractivity contribution in [1.82, 2.24) is 4.57 Å². The predicted octanol–water partition coefficient (Wildman–Crippen LogP) is 5.36. The summed E-state index contributed by atoms with van der Waals surface area (Å²) >= 11 is 12.1. The fraction of sp³-hybridized carbons (Fsp3) is 0.100. The molecule has 0 saturated carbocycles. The van der Waals surface area contributed by atoms with Crippen LogP contribution in [0.15, 0.2) is 60.9 Å². The van der Waals surface area contributed by atoms with Gasteiger partial charge in [0.1, 0.15) is 5.52 Å². The van der Waals surface area contributed by atoms with Crippen LogP contribution in [0.1, 0.15) is 0 Å². The maximum atomic E-state index is 6.05. The highest BCUT2D eigenvalue weighted by molar-refractivity contribution is 6.31. The van der Waals surface area contributed by atoms with Gasteiger partial charge in [0.05, 0.1) is 19.6 Å². The van der Waals surface area contributed by atoms with E-state index in [2.05, 4.69) is 59.9 Å². The summed E-state index contributed by atoms with van der Waals surface area (Å²) in [6.45, 7) is 0. The molecule has 4 aromatic rings. The molecule has 0 unspecified atom stereocenters. The summed E-state index contributed by atoms with van der Waals surface area (Å²) in [5.74, 6) is 0. The lowest BCUT2D eigenvalue weighted by Gasteiger charge is -2.05. The molecule has 0 aliphatic heterocycles. The normalized spacial score (nSPS) is 11.3. The fourth-order valence-electron chi connectivity index (χ4n) is 3.32. The Kier molecular flexibility index (Phi) is 3.67. The highest BCUT2D eigenvalue weighted by Gasteiger charge is 2.16. The third kappa shape index (κ3) is 2.43. The van der Waals surface area contributed by atoms with Crippen LogP contribution in [0.4, 0.5) is 0 Å². The molecular weight excluding hydrogens is 339 g/mol. The summed E-state index contributed by atoms with van der Waals surface area (Å²) < 4.78 is 4.33. The maximum absolute atomic E-state index is 6.05. The molecule has 0 aliphatic rings. The number of aryl methyl sites for hydroxylation is 2. The van der Waals surface area contributed by atoms with Gasteiger partial charge in [0.25, 0.3) is 0 Å². The molecule has 4 heteroatoms. The van der Waals surface area contributed by atoms with Crippen LogP contribution in [-0.4, -0.2) is 4.57 Å². The van der Waals surface area contributed by atoms with E-state index in [1.165, 1.54) is 22.2 Å². The topological polar surface area (TPSA) is 8.81 Å². The molecule has 1 aromatic heterocycles. The smallest absolute Gasteiger partial charge is 0.187 e. The lowest BCUT2D eigenvalue weighted by atomic mass is 10.1. The number of rotatable bonds is 2. The number of halogens is 2. The van der Waals surface area contributed by atoms with Crippen LogP contribution in [-0.2, 0) is 14.1 Å². The van der Waals surface area contributed by atoms with Crippen molar-refractivity contribution in [3.05, 3.63) is 71.0 Å². The molecule has 0 N–H and O–H groups in total. The van der Waals surface area contributed by atoms with Crippen molar-refractivity contribution < 1.29 is 4.57 Å². The van der Waals surface area contributed by atoms with Gasteiger partial charge >= 0.3 is 0 Å². The molecule has 0 aliphatic carbocycles. The molecule has 0 radical (unpaired) electrons. The first kappa shape index (κ1) is 15.4. The molecule has 0 spiro atoms. The van der Waals surface area contributed by atoms with Gasteiger partial charge in [-0.2, -0.15) is 0 Å². The molecule has 0 bridgehead atoms. The van der Waals surface area contributed by atoms with E-state index in [1.54, 1.807) is 0 Å². The third-order valence-electron chi connectivity index (χ3n) is 4.39. The summed E-state index contributed by atoms with van der Waals surface area (Å²) in [5, 5.41) is 1.49. The molecule has 24 heavy (non-hydrogen) atoms. The van der Waals surface area contributed by atoms with Gasteiger partial charge in [-0.05, 0) is 12.1 Å². The van der Waals surface area contributed by atoms with E-state index in [1.807, 2.05) is 24.3 Å². The second-order valence-electron chi connectivity index (χ2n) is 6.02. The van der Waals surface area contributed by atoms with E-state index in [9.17, 15) is 0 Å². The molecule has 120 valence electrons. The highest BCUT2D eigenvalue weighted by atomic mass is 35.5. The minimum absolute atomic E-state index is 0.747. The number of benzene rings is 2. The first-order valence-corrected chi connectivity index (χ1v) is 8.46. The zero-order chi connectivity index (χ0) is 16.8. The predicted molar refractivity (Wildman–Crippen MR) is 101 cm³/mol. The summed E-state index contributed by atoms with van der Waals surface area (Å²) in [7, 11) is 4.15. The quantitative estimate of drug-likeness (QED) is 0.338. The molecule has 0 amide bonds. The van der Waals surface area contributed by atoms with Gasteiger partial charge in [0.15, 0.2) is 6.33 Å². The van der Waals surface area contributed by atoms with Crippen molar-refractivity contribution >= 4 is 34.2 Å². The molecule has 0 atom stereocenters. The molecule has 2 nitrogen and oxygen atoms in total. The highest BCUT2D eigenvalue weighted by Crippen LogP contribution is 2.38. The molecule has 1 heterocycles. The van der Waals surface area contributed by atoms with E-state index in [-0.39, 0.29) is 0 Å². The van der Waals surface area contributed by atoms with Crippen LogP contribution in [0.2, 0.25) is 10.0 Å². The third-order valence-corrected chi connectivity index (χ3v) is 4.89. The van der Waals surface area contributed by atoms with Crippen molar-refractivity contribution in [2.75, 3.05) is 0 Å². The Morgan fingerprint density at radius 3 is 2.00 bits per heavy atom. The van der Waals surface area contributed by atoms with Crippen LogP contribution >= 0.6 is 23.2 Å². The average Bonchev–Trinajstić information content (AvgIpc) is 3.09. The number of aromatic nitrogens is 2. The Hall–Kier alpha value is -2.16. The Morgan fingerprint density at radius 2 is 1.42 bits per heavy atom. The average molecular weight is 355 g/mol. The van der Waals surface area contributed by atoms with E-state index >= 15 is 0 Å². The standard InChI is InChI=1S/C20H16Cl2N2/c1-23-12-24(2)20-18(14-5-9-16(22)10-6-14)11-17(19(20)23)13-3-7-15(21)8-4-13/h3-12H,1-2H3. The van der Waals surface area contributed by atoms with Crippen molar-refractivity contribution in [2.24, 2.45) is 14.1 Å². The van der Waals surface area contributed by atoms with E-state index in [0.717, 1.165) is 21.2 Å². The van der Waals surface area contributed by atoms with Crippen LogP contribution in [0.5, 0.6) is 0 Å². The van der Waals surface area contributed by atoms with Crippen molar-refractivity contribution in [2.45, 2.75) is 0 Å². The SMILES string of the molecule is Cn1c[n+](C)[c-]2c(-c3ccc(Cl)cc3)cc(-c3ccc(Cl)cc3)c21. The zero-order valence-electron chi connectivity index (χ0n) is 13.4. The summed E-state index contributed by atoms with van der Waals surface area (Å²) in [6.07, 6.45) is 2.10. The van der Waals surface area contributed by atoms with Crippen molar-refractivity contribution in [3.8, 4) is 22.3 Å². The molecule has 0 fully saturated rings.